The molecule has 0 aromatic carbocycles. The van der Waals surface area contributed by atoms with Crippen LogP contribution in [0.5, 0.6) is 5.75 Å². The van der Waals surface area contributed by atoms with Crippen molar-refractivity contribution in [2.24, 2.45) is 11.7 Å². The number of hydrogen-bond donors (Lipinski definition) is 1. The van der Waals surface area contributed by atoms with E-state index in [0.717, 1.165) is 0 Å². The highest BCUT2D eigenvalue weighted by Gasteiger charge is 2.25. The Bertz CT molecular complexity index is 350. The third-order valence-electron chi connectivity index (χ3n) is 2.76. The van der Waals surface area contributed by atoms with Gasteiger partial charge in [0.1, 0.15) is 5.69 Å². The number of aryl methyl sites for hydroxylation is 1. The summed E-state index contributed by atoms with van der Waals surface area (Å²) in [4.78, 5) is 12.2. The molecule has 0 amide bonds. The highest BCUT2D eigenvalue weighted by atomic mass is 16.5. The second kappa shape index (κ2) is 5.12. The minimum atomic E-state index is -0.240. The Hall–Kier alpha value is -1.36. The number of nitrogens with zero attached hydrogens (tertiary/aromatic N) is 2. The molecular weight excluding hydrogens is 206 g/mol. The summed E-state index contributed by atoms with van der Waals surface area (Å²) in [6, 6.07) is -0.183. The molecule has 2 N–H and O–H groups in total. The number of carbonyl (C=O) groups is 1. The maximum Gasteiger partial charge on any atom is 0.188 e. The minimum Gasteiger partial charge on any atom is -0.493 e. The zero-order chi connectivity index (χ0) is 12.3. The van der Waals surface area contributed by atoms with Crippen molar-refractivity contribution in [3.63, 3.8) is 0 Å². The predicted molar refractivity (Wildman–Crippen MR) is 61.6 cm³/mol. The molecule has 0 spiro atoms. The molecule has 0 radical (unpaired) electrons. The molecule has 0 saturated carbocycles. The van der Waals surface area contributed by atoms with Gasteiger partial charge in [-0.05, 0) is 13.8 Å². The number of ether oxygens (including phenoxy) is 1. The highest BCUT2D eigenvalue weighted by molar-refractivity contribution is 5.98. The number of ketones is 1. The molecule has 0 saturated heterocycles. The van der Waals surface area contributed by atoms with Crippen molar-refractivity contribution in [1.82, 2.24) is 9.78 Å². The van der Waals surface area contributed by atoms with Gasteiger partial charge in [0, 0.05) is 18.5 Å². The van der Waals surface area contributed by atoms with Crippen LogP contribution in [0.2, 0.25) is 0 Å². The third kappa shape index (κ3) is 2.24. The molecule has 2 atom stereocenters. The number of aromatic nitrogens is 2. The van der Waals surface area contributed by atoms with E-state index in [-0.39, 0.29) is 17.7 Å². The lowest BCUT2D eigenvalue weighted by atomic mass is 9.97. The lowest BCUT2D eigenvalue weighted by Crippen LogP contribution is -2.32. The summed E-state index contributed by atoms with van der Waals surface area (Å²) in [5, 5.41) is 4.10. The zero-order valence-electron chi connectivity index (χ0n) is 10.2. The van der Waals surface area contributed by atoms with Gasteiger partial charge in [-0.25, -0.2) is 0 Å². The van der Waals surface area contributed by atoms with Crippen LogP contribution in [0.4, 0.5) is 0 Å². The SMILES string of the molecule is CCn1ncc(OC)c1C(=O)C(C)C(C)N. The monoisotopic (exact) mass is 225 g/mol. The summed E-state index contributed by atoms with van der Waals surface area (Å²) >= 11 is 0. The fourth-order valence-corrected chi connectivity index (χ4v) is 1.46. The maximum absolute atomic E-state index is 12.2. The van der Waals surface area contributed by atoms with E-state index >= 15 is 0 Å². The summed E-state index contributed by atoms with van der Waals surface area (Å²) in [5.74, 6) is 0.251. The Morgan fingerprint density at radius 1 is 1.62 bits per heavy atom. The first-order chi connectivity index (χ1) is 7.52. The van der Waals surface area contributed by atoms with E-state index in [1.54, 1.807) is 10.9 Å². The van der Waals surface area contributed by atoms with Crippen molar-refractivity contribution < 1.29 is 9.53 Å². The minimum absolute atomic E-state index is 0.0220. The Balaban J connectivity index is 3.10. The van der Waals surface area contributed by atoms with Crippen LogP contribution in [-0.4, -0.2) is 28.7 Å². The summed E-state index contributed by atoms with van der Waals surface area (Å²) in [6.45, 7) is 6.21. The predicted octanol–water partition coefficient (Wildman–Crippen LogP) is 1.08. The maximum atomic E-state index is 12.2. The number of methoxy groups -OCH3 is 1. The van der Waals surface area contributed by atoms with E-state index in [9.17, 15) is 4.79 Å². The first kappa shape index (κ1) is 12.7. The average molecular weight is 225 g/mol. The van der Waals surface area contributed by atoms with Gasteiger partial charge in [-0.15, -0.1) is 0 Å². The largest absolute Gasteiger partial charge is 0.493 e. The average Bonchev–Trinajstić information content (AvgIpc) is 2.69. The van der Waals surface area contributed by atoms with E-state index < -0.39 is 0 Å². The second-order valence-corrected chi connectivity index (χ2v) is 3.89. The molecule has 5 nitrogen and oxygen atoms in total. The Kier molecular flexibility index (Phi) is 4.06. The van der Waals surface area contributed by atoms with Crippen molar-refractivity contribution in [2.45, 2.75) is 33.4 Å². The van der Waals surface area contributed by atoms with Crippen molar-refractivity contribution in [1.29, 1.82) is 0 Å². The van der Waals surface area contributed by atoms with Gasteiger partial charge >= 0.3 is 0 Å². The van der Waals surface area contributed by atoms with Crippen LogP contribution in [0.15, 0.2) is 6.20 Å². The molecule has 5 heteroatoms. The van der Waals surface area contributed by atoms with Gasteiger partial charge in [-0.1, -0.05) is 6.92 Å². The number of carbonyl (C=O) groups excluding carboxylic acids is 1. The smallest absolute Gasteiger partial charge is 0.188 e. The van der Waals surface area contributed by atoms with E-state index in [4.69, 9.17) is 10.5 Å². The normalized spacial score (nSPS) is 14.6. The van der Waals surface area contributed by atoms with Gasteiger partial charge < -0.3 is 10.5 Å². The third-order valence-corrected chi connectivity index (χ3v) is 2.76. The fraction of sp³-hybridized carbons (Fsp3) is 0.636. The molecule has 2 unspecified atom stereocenters. The van der Waals surface area contributed by atoms with E-state index in [1.807, 2.05) is 20.8 Å². The summed E-state index contributed by atoms with van der Waals surface area (Å²) in [5.41, 5.74) is 6.24. The van der Waals surface area contributed by atoms with Crippen LogP contribution < -0.4 is 10.5 Å². The van der Waals surface area contributed by atoms with Crippen LogP contribution >= 0.6 is 0 Å². The van der Waals surface area contributed by atoms with Gasteiger partial charge in [-0.2, -0.15) is 5.10 Å². The fourth-order valence-electron chi connectivity index (χ4n) is 1.46. The molecular formula is C11H19N3O2. The van der Waals surface area contributed by atoms with Gasteiger partial charge in [0.05, 0.1) is 13.3 Å². The zero-order valence-corrected chi connectivity index (χ0v) is 10.2. The van der Waals surface area contributed by atoms with Crippen LogP contribution in [0.25, 0.3) is 0 Å². The lowest BCUT2D eigenvalue weighted by molar-refractivity contribution is 0.0903. The number of hydrogen-bond acceptors (Lipinski definition) is 4. The summed E-state index contributed by atoms with van der Waals surface area (Å²) in [7, 11) is 1.53. The van der Waals surface area contributed by atoms with Crippen molar-refractivity contribution in [3.8, 4) is 5.75 Å². The first-order valence-corrected chi connectivity index (χ1v) is 5.42. The van der Waals surface area contributed by atoms with Gasteiger partial charge in [-0.3, -0.25) is 9.48 Å². The second-order valence-electron chi connectivity index (χ2n) is 3.89. The molecule has 16 heavy (non-hydrogen) atoms. The Labute approximate surface area is 95.6 Å². The quantitative estimate of drug-likeness (QED) is 0.761. The van der Waals surface area contributed by atoms with E-state index in [1.165, 1.54) is 7.11 Å². The molecule has 1 aromatic heterocycles. The summed E-state index contributed by atoms with van der Waals surface area (Å²) < 4.78 is 6.77. The molecule has 0 aliphatic heterocycles. The van der Waals surface area contributed by atoms with E-state index in [2.05, 4.69) is 5.10 Å². The number of Topliss-reactive ketones (excluding diaryl/α,β-unsaturated/α-hetero) is 1. The Morgan fingerprint density at radius 2 is 2.25 bits per heavy atom. The molecule has 0 aliphatic rings. The molecule has 0 fully saturated rings. The van der Waals surface area contributed by atoms with Crippen molar-refractivity contribution in [2.75, 3.05) is 7.11 Å². The van der Waals surface area contributed by atoms with Crippen molar-refractivity contribution in [3.05, 3.63) is 11.9 Å². The van der Waals surface area contributed by atoms with Gasteiger partial charge in [0.15, 0.2) is 11.5 Å². The molecule has 90 valence electrons. The van der Waals surface area contributed by atoms with Gasteiger partial charge in [0.2, 0.25) is 0 Å². The number of nitrogens with two attached hydrogens (primary N) is 1. The van der Waals surface area contributed by atoms with Crippen LogP contribution in [-0.2, 0) is 6.54 Å². The van der Waals surface area contributed by atoms with Crippen molar-refractivity contribution >= 4 is 5.78 Å². The standard InChI is InChI=1S/C11H19N3O2/c1-5-14-10(9(16-4)6-13-14)11(15)7(2)8(3)12/h6-8H,5,12H2,1-4H3. The lowest BCUT2D eigenvalue weighted by Gasteiger charge is -2.15. The van der Waals surface area contributed by atoms with Crippen LogP contribution in [0.3, 0.4) is 0 Å². The summed E-state index contributed by atoms with van der Waals surface area (Å²) in [6.07, 6.45) is 1.56. The van der Waals surface area contributed by atoms with Gasteiger partial charge in [0.25, 0.3) is 0 Å². The van der Waals surface area contributed by atoms with Crippen LogP contribution in [0, 0.1) is 5.92 Å². The van der Waals surface area contributed by atoms with Crippen LogP contribution in [0.1, 0.15) is 31.3 Å². The molecule has 1 heterocycles. The number of rotatable bonds is 5. The molecule has 0 bridgehead atoms. The molecule has 0 aliphatic carbocycles. The molecule has 1 aromatic rings. The topological polar surface area (TPSA) is 70.1 Å². The highest BCUT2D eigenvalue weighted by Crippen LogP contribution is 2.22. The molecule has 1 rings (SSSR count). The first-order valence-electron chi connectivity index (χ1n) is 5.42. The van der Waals surface area contributed by atoms with E-state index in [0.29, 0.717) is 18.0 Å². The Morgan fingerprint density at radius 3 is 2.69 bits per heavy atom.